The summed E-state index contributed by atoms with van der Waals surface area (Å²) >= 11 is 0. The van der Waals surface area contributed by atoms with Crippen molar-refractivity contribution in [1.82, 2.24) is 9.80 Å². The number of likely N-dealkylation sites (N-methyl/N-ethyl adjacent to an activating group) is 1. The fourth-order valence-electron chi connectivity index (χ4n) is 5.38. The van der Waals surface area contributed by atoms with E-state index in [0.29, 0.717) is 35.7 Å². The third kappa shape index (κ3) is 9.02. The number of rotatable bonds is 8. The van der Waals surface area contributed by atoms with Crippen molar-refractivity contribution in [3.8, 4) is 5.75 Å². The maximum Gasteiger partial charge on any atom is 0.258 e. The van der Waals surface area contributed by atoms with Gasteiger partial charge in [-0.25, -0.2) is 0 Å². The van der Waals surface area contributed by atoms with Crippen molar-refractivity contribution in [3.05, 3.63) is 59.7 Å². The molecule has 1 fully saturated rings. The number of ether oxygens (including phenoxy) is 2. The van der Waals surface area contributed by atoms with Crippen LogP contribution in [0, 0.1) is 11.8 Å². The second-order valence-corrected chi connectivity index (χ2v) is 12.0. The summed E-state index contributed by atoms with van der Waals surface area (Å²) in [7, 11) is 2.15. The summed E-state index contributed by atoms with van der Waals surface area (Å²) in [6, 6.07) is 13.8. The van der Waals surface area contributed by atoms with Gasteiger partial charge in [0.2, 0.25) is 0 Å². The number of hydrogen-bond donors (Lipinski definition) is 2. The molecule has 2 N–H and O–H groups in total. The van der Waals surface area contributed by atoms with Gasteiger partial charge in [0.25, 0.3) is 11.8 Å². The third-order valence-corrected chi connectivity index (χ3v) is 8.10. The maximum absolute atomic E-state index is 14.2. The first-order chi connectivity index (χ1) is 19.7. The number of carbonyl (C=O) groups excluding carboxylic acids is 2. The predicted molar refractivity (Wildman–Crippen MR) is 161 cm³/mol. The number of aliphatic hydroxyl groups is 1. The van der Waals surface area contributed by atoms with E-state index in [4.69, 9.17) is 9.47 Å². The third-order valence-electron chi connectivity index (χ3n) is 8.10. The van der Waals surface area contributed by atoms with Gasteiger partial charge in [-0.2, -0.15) is 0 Å². The van der Waals surface area contributed by atoms with Crippen LogP contribution in [0.5, 0.6) is 5.75 Å². The van der Waals surface area contributed by atoms with Crippen molar-refractivity contribution < 1.29 is 24.2 Å². The molecule has 1 saturated carbocycles. The number of benzene rings is 2. The van der Waals surface area contributed by atoms with Gasteiger partial charge in [-0.05, 0) is 89.2 Å². The molecule has 2 amide bonds. The molecule has 0 saturated heterocycles. The lowest BCUT2D eigenvalue weighted by Gasteiger charge is -2.36. The van der Waals surface area contributed by atoms with E-state index in [9.17, 15) is 14.7 Å². The fraction of sp³-hybridized carbons (Fsp3) is 0.576. The van der Waals surface area contributed by atoms with Crippen LogP contribution in [0.2, 0.25) is 0 Å². The average Bonchev–Trinajstić information content (AvgIpc) is 3.78. The fourth-order valence-corrected chi connectivity index (χ4v) is 5.38. The zero-order valence-corrected chi connectivity index (χ0v) is 25.1. The van der Waals surface area contributed by atoms with E-state index in [1.54, 1.807) is 35.2 Å². The Kier molecular flexibility index (Phi) is 11.2. The second-order valence-electron chi connectivity index (χ2n) is 12.0. The lowest BCUT2D eigenvalue weighted by Crippen LogP contribution is -2.47. The van der Waals surface area contributed by atoms with Crippen LogP contribution in [0.3, 0.4) is 0 Å². The van der Waals surface area contributed by atoms with E-state index in [1.165, 1.54) is 12.8 Å². The largest absolute Gasteiger partial charge is 0.490 e. The number of amides is 2. The highest BCUT2D eigenvalue weighted by Crippen LogP contribution is 2.31. The molecule has 41 heavy (non-hydrogen) atoms. The standard InChI is InChI=1S/C33H47N3O5/c1-23-19-36(24(2)22-37)33(39)29-18-28(34-32(38)27-11-6-5-7-12-27)15-16-30(29)41-25(3)10-8-9-17-40-31(23)21-35(4)20-26-13-14-26/h5-7,11-12,15-16,18,23-26,31,37H,8-10,13-14,17,19-22H2,1-4H3,(H,34,38)/t23-,24-,25-,31-/m1/s1. The number of carbonyl (C=O) groups is 2. The summed E-state index contributed by atoms with van der Waals surface area (Å²) in [6.07, 6.45) is 5.20. The highest BCUT2D eigenvalue weighted by molar-refractivity contribution is 6.05. The van der Waals surface area contributed by atoms with Gasteiger partial charge in [-0.1, -0.05) is 25.1 Å². The van der Waals surface area contributed by atoms with Crippen LogP contribution >= 0.6 is 0 Å². The molecule has 2 aromatic rings. The molecule has 1 aliphatic carbocycles. The minimum atomic E-state index is -0.407. The Bertz CT molecular complexity index is 1140. The summed E-state index contributed by atoms with van der Waals surface area (Å²) in [5.74, 6) is 0.825. The Morgan fingerprint density at radius 1 is 1.10 bits per heavy atom. The summed E-state index contributed by atoms with van der Waals surface area (Å²) in [6.45, 7) is 8.80. The minimum absolute atomic E-state index is 0.0347. The SMILES string of the molecule is C[C@@H]1CCCCO[C@H](CN(C)CC2CC2)[C@H](C)CN([C@H](C)CO)C(=O)c2cc(NC(=O)c3ccccc3)ccc2O1. The van der Waals surface area contributed by atoms with Gasteiger partial charge < -0.3 is 29.7 Å². The summed E-state index contributed by atoms with van der Waals surface area (Å²) in [5.41, 5.74) is 1.41. The summed E-state index contributed by atoms with van der Waals surface area (Å²) < 4.78 is 12.7. The van der Waals surface area contributed by atoms with Gasteiger partial charge in [0.1, 0.15) is 5.75 Å². The monoisotopic (exact) mass is 565 g/mol. The van der Waals surface area contributed by atoms with E-state index < -0.39 is 6.04 Å². The van der Waals surface area contributed by atoms with Gasteiger partial charge in [0.05, 0.1) is 30.4 Å². The maximum atomic E-state index is 14.2. The van der Waals surface area contributed by atoms with E-state index in [2.05, 4.69) is 24.2 Å². The van der Waals surface area contributed by atoms with Gasteiger partial charge >= 0.3 is 0 Å². The van der Waals surface area contributed by atoms with Crippen molar-refractivity contribution in [2.24, 2.45) is 11.8 Å². The Morgan fingerprint density at radius 3 is 2.56 bits per heavy atom. The molecule has 1 aliphatic heterocycles. The van der Waals surface area contributed by atoms with Gasteiger partial charge in [-0.3, -0.25) is 9.59 Å². The van der Waals surface area contributed by atoms with Crippen LogP contribution in [0.15, 0.2) is 48.5 Å². The zero-order chi connectivity index (χ0) is 29.4. The number of hydrogen-bond acceptors (Lipinski definition) is 6. The Hall–Kier alpha value is -2.94. The second kappa shape index (κ2) is 14.8. The molecule has 224 valence electrons. The van der Waals surface area contributed by atoms with E-state index >= 15 is 0 Å². The molecule has 0 unspecified atom stereocenters. The number of anilines is 1. The Morgan fingerprint density at radius 2 is 1.85 bits per heavy atom. The van der Waals surface area contributed by atoms with Crippen molar-refractivity contribution in [2.75, 3.05) is 45.2 Å². The molecule has 2 aliphatic rings. The van der Waals surface area contributed by atoms with Crippen LogP contribution in [0.1, 0.15) is 73.6 Å². The zero-order valence-electron chi connectivity index (χ0n) is 25.1. The first-order valence-electron chi connectivity index (χ1n) is 15.1. The lowest BCUT2D eigenvalue weighted by atomic mass is 10.0. The smallest absolute Gasteiger partial charge is 0.258 e. The predicted octanol–water partition coefficient (Wildman–Crippen LogP) is 5.08. The van der Waals surface area contributed by atoms with Gasteiger partial charge in [0.15, 0.2) is 0 Å². The molecule has 8 nitrogen and oxygen atoms in total. The Balaban J connectivity index is 1.62. The molecule has 0 spiro atoms. The first-order valence-corrected chi connectivity index (χ1v) is 15.1. The first kappa shape index (κ1) is 31.0. The van der Waals surface area contributed by atoms with E-state index in [0.717, 1.165) is 38.3 Å². The minimum Gasteiger partial charge on any atom is -0.490 e. The molecule has 8 heteroatoms. The van der Waals surface area contributed by atoms with Crippen LogP contribution in [0.25, 0.3) is 0 Å². The molecule has 0 bridgehead atoms. The van der Waals surface area contributed by atoms with Crippen LogP contribution in [0.4, 0.5) is 5.69 Å². The van der Waals surface area contributed by atoms with Crippen molar-refractivity contribution in [2.45, 2.75) is 71.1 Å². The van der Waals surface area contributed by atoms with Crippen molar-refractivity contribution in [1.29, 1.82) is 0 Å². The normalized spacial score (nSPS) is 23.3. The van der Waals surface area contributed by atoms with Crippen molar-refractivity contribution in [3.63, 3.8) is 0 Å². The summed E-state index contributed by atoms with van der Waals surface area (Å²) in [5, 5.41) is 13.1. The topological polar surface area (TPSA) is 91.3 Å². The number of fused-ring (bicyclic) bond motifs is 1. The number of nitrogens with one attached hydrogen (secondary N) is 1. The number of aliphatic hydroxyl groups excluding tert-OH is 1. The molecular weight excluding hydrogens is 518 g/mol. The van der Waals surface area contributed by atoms with E-state index in [1.807, 2.05) is 32.0 Å². The molecular formula is C33H47N3O5. The summed E-state index contributed by atoms with van der Waals surface area (Å²) in [4.78, 5) is 31.2. The highest BCUT2D eigenvalue weighted by Gasteiger charge is 2.31. The molecule has 0 radical (unpaired) electrons. The van der Waals surface area contributed by atoms with Gasteiger partial charge in [-0.15, -0.1) is 0 Å². The molecule has 0 aromatic heterocycles. The quantitative estimate of drug-likeness (QED) is 0.464. The van der Waals surface area contributed by atoms with Crippen LogP contribution in [-0.4, -0.2) is 84.9 Å². The van der Waals surface area contributed by atoms with Gasteiger partial charge in [0, 0.05) is 43.4 Å². The molecule has 4 atom stereocenters. The number of nitrogens with zero attached hydrogens (tertiary/aromatic N) is 2. The van der Waals surface area contributed by atoms with Crippen molar-refractivity contribution >= 4 is 17.5 Å². The van der Waals surface area contributed by atoms with Crippen LogP contribution in [-0.2, 0) is 4.74 Å². The molecule has 1 heterocycles. The average molecular weight is 566 g/mol. The Labute approximate surface area is 245 Å². The molecule has 2 aromatic carbocycles. The highest BCUT2D eigenvalue weighted by atomic mass is 16.5. The lowest BCUT2D eigenvalue weighted by molar-refractivity contribution is -0.0172. The molecule has 4 rings (SSSR count). The van der Waals surface area contributed by atoms with Crippen LogP contribution < -0.4 is 10.1 Å². The van der Waals surface area contributed by atoms with E-state index in [-0.39, 0.29) is 36.5 Å².